The van der Waals surface area contributed by atoms with Crippen LogP contribution in [0.25, 0.3) is 0 Å². The number of ether oxygens (including phenoxy) is 4. The van der Waals surface area contributed by atoms with Crippen LogP contribution in [-0.4, -0.2) is 29.9 Å². The summed E-state index contributed by atoms with van der Waals surface area (Å²) in [4.78, 5) is 11.5. The SMILES string of the molecule is CC1(C(=O)O)CCc2ccc(OCCCOc3ccc(Oc4ccccc4)cc3Cl)cc2O1. The standard InChI is InChI=1S/C26H25ClO6/c1-26(25(28)29)13-12-18-8-9-20(17-24(18)33-26)30-14-5-15-31-23-11-10-21(16-22(23)27)32-19-6-3-2-4-7-19/h2-4,6-11,16-17H,5,12-15H2,1H3,(H,28,29). The molecule has 7 heteroatoms. The number of benzene rings is 3. The van der Waals surface area contributed by atoms with Gasteiger partial charge >= 0.3 is 5.97 Å². The quantitative estimate of drug-likeness (QED) is 0.380. The summed E-state index contributed by atoms with van der Waals surface area (Å²) in [5.74, 6) is 2.17. The molecule has 3 aromatic carbocycles. The first-order valence-electron chi connectivity index (χ1n) is 10.8. The molecular formula is C26H25ClO6. The number of halogens is 1. The molecule has 3 aromatic rings. The molecule has 172 valence electrons. The normalized spacial score (nSPS) is 16.9. The van der Waals surface area contributed by atoms with Gasteiger partial charge in [-0.2, -0.15) is 0 Å². The average molecular weight is 469 g/mol. The van der Waals surface area contributed by atoms with Crippen LogP contribution in [0.5, 0.6) is 28.7 Å². The summed E-state index contributed by atoms with van der Waals surface area (Å²) in [6, 6.07) is 20.3. The van der Waals surface area contributed by atoms with Crippen molar-refractivity contribution in [2.45, 2.75) is 31.8 Å². The lowest BCUT2D eigenvalue weighted by atomic mass is 9.93. The monoisotopic (exact) mass is 468 g/mol. The first kappa shape index (κ1) is 22.8. The summed E-state index contributed by atoms with van der Waals surface area (Å²) in [7, 11) is 0. The lowest BCUT2D eigenvalue weighted by Crippen LogP contribution is -2.44. The fourth-order valence-electron chi connectivity index (χ4n) is 3.46. The minimum absolute atomic E-state index is 0.428. The third-order valence-corrected chi connectivity index (χ3v) is 5.69. The minimum atomic E-state index is -1.21. The Labute approximate surface area is 197 Å². The molecule has 1 unspecified atom stereocenters. The first-order valence-corrected chi connectivity index (χ1v) is 11.1. The van der Waals surface area contributed by atoms with E-state index in [1.165, 1.54) is 0 Å². The van der Waals surface area contributed by atoms with E-state index in [-0.39, 0.29) is 0 Å². The highest BCUT2D eigenvalue weighted by Gasteiger charge is 2.39. The van der Waals surface area contributed by atoms with Crippen molar-refractivity contribution in [3.05, 3.63) is 77.3 Å². The Kier molecular flexibility index (Phi) is 6.94. The van der Waals surface area contributed by atoms with Crippen molar-refractivity contribution in [1.29, 1.82) is 0 Å². The summed E-state index contributed by atoms with van der Waals surface area (Å²) in [5, 5.41) is 9.87. The van der Waals surface area contributed by atoms with Gasteiger partial charge < -0.3 is 24.1 Å². The lowest BCUT2D eigenvalue weighted by molar-refractivity contribution is -0.155. The van der Waals surface area contributed by atoms with E-state index in [2.05, 4.69) is 0 Å². The highest BCUT2D eigenvalue weighted by Crippen LogP contribution is 2.36. The Morgan fingerprint density at radius 3 is 2.52 bits per heavy atom. The van der Waals surface area contributed by atoms with Gasteiger partial charge in [0.1, 0.15) is 28.7 Å². The molecule has 1 N–H and O–H groups in total. The van der Waals surface area contributed by atoms with Crippen LogP contribution < -0.4 is 18.9 Å². The van der Waals surface area contributed by atoms with Crippen LogP contribution in [-0.2, 0) is 11.2 Å². The van der Waals surface area contributed by atoms with Crippen molar-refractivity contribution in [3.63, 3.8) is 0 Å². The van der Waals surface area contributed by atoms with Gasteiger partial charge in [-0.1, -0.05) is 35.9 Å². The van der Waals surface area contributed by atoms with Crippen LogP contribution in [0.1, 0.15) is 25.3 Å². The van der Waals surface area contributed by atoms with Gasteiger partial charge in [0.15, 0.2) is 0 Å². The summed E-state index contributed by atoms with van der Waals surface area (Å²) in [6.07, 6.45) is 1.74. The molecule has 0 aromatic heterocycles. The van der Waals surface area contributed by atoms with Crippen molar-refractivity contribution >= 4 is 17.6 Å². The number of carboxylic acid groups (broad SMARTS) is 1. The van der Waals surface area contributed by atoms with Gasteiger partial charge in [-0.25, -0.2) is 4.79 Å². The molecular weight excluding hydrogens is 444 g/mol. The zero-order valence-corrected chi connectivity index (χ0v) is 19.0. The fourth-order valence-corrected chi connectivity index (χ4v) is 3.69. The predicted octanol–water partition coefficient (Wildman–Crippen LogP) is 6.15. The maximum Gasteiger partial charge on any atom is 0.347 e. The molecule has 0 aliphatic carbocycles. The number of hydrogen-bond acceptors (Lipinski definition) is 5. The topological polar surface area (TPSA) is 74.2 Å². The Bertz CT molecular complexity index is 1120. The molecule has 1 aliphatic rings. The molecule has 6 nitrogen and oxygen atoms in total. The molecule has 0 saturated heterocycles. The van der Waals surface area contributed by atoms with E-state index in [1.807, 2.05) is 48.5 Å². The van der Waals surface area contributed by atoms with Crippen molar-refractivity contribution in [2.24, 2.45) is 0 Å². The van der Waals surface area contributed by atoms with Gasteiger partial charge in [0.05, 0.1) is 18.2 Å². The summed E-state index contributed by atoms with van der Waals surface area (Å²) in [5.41, 5.74) is -0.223. The van der Waals surface area contributed by atoms with E-state index in [0.29, 0.717) is 60.5 Å². The van der Waals surface area contributed by atoms with E-state index in [0.717, 1.165) is 11.3 Å². The second kappa shape index (κ2) is 10.0. The number of aliphatic carboxylic acids is 1. The van der Waals surface area contributed by atoms with E-state index in [9.17, 15) is 9.90 Å². The zero-order chi connectivity index (χ0) is 23.3. The molecule has 0 saturated carbocycles. The van der Waals surface area contributed by atoms with E-state index in [1.54, 1.807) is 25.1 Å². The Hall–Kier alpha value is -3.38. The molecule has 1 atom stereocenters. The van der Waals surface area contributed by atoms with Gasteiger partial charge in [-0.15, -0.1) is 0 Å². The molecule has 0 fully saturated rings. The second-order valence-corrected chi connectivity index (χ2v) is 8.37. The third kappa shape index (κ3) is 5.71. The smallest absolute Gasteiger partial charge is 0.347 e. The van der Waals surface area contributed by atoms with Crippen LogP contribution in [0, 0.1) is 0 Å². The van der Waals surface area contributed by atoms with Gasteiger partial charge in [0, 0.05) is 25.0 Å². The number of para-hydroxylation sites is 1. The zero-order valence-electron chi connectivity index (χ0n) is 18.3. The minimum Gasteiger partial charge on any atom is -0.493 e. The van der Waals surface area contributed by atoms with Crippen LogP contribution in [0.4, 0.5) is 0 Å². The number of hydrogen-bond donors (Lipinski definition) is 1. The van der Waals surface area contributed by atoms with Crippen LogP contribution in [0.15, 0.2) is 66.7 Å². The van der Waals surface area contributed by atoms with Crippen LogP contribution in [0.2, 0.25) is 5.02 Å². The van der Waals surface area contributed by atoms with Crippen molar-refractivity contribution in [1.82, 2.24) is 0 Å². The average Bonchev–Trinajstić information content (AvgIpc) is 2.80. The Morgan fingerprint density at radius 2 is 1.76 bits per heavy atom. The van der Waals surface area contributed by atoms with Crippen LogP contribution >= 0.6 is 11.6 Å². The number of carboxylic acids is 1. The maximum absolute atomic E-state index is 11.5. The molecule has 0 spiro atoms. The molecule has 0 radical (unpaired) electrons. The molecule has 0 amide bonds. The molecule has 0 bridgehead atoms. The van der Waals surface area contributed by atoms with Gasteiger partial charge in [-0.05, 0) is 49.2 Å². The Morgan fingerprint density at radius 1 is 1.00 bits per heavy atom. The number of rotatable bonds is 9. The first-order chi connectivity index (χ1) is 15.9. The van der Waals surface area contributed by atoms with Gasteiger partial charge in [0.25, 0.3) is 0 Å². The molecule has 33 heavy (non-hydrogen) atoms. The lowest BCUT2D eigenvalue weighted by Gasteiger charge is -2.32. The van der Waals surface area contributed by atoms with Gasteiger partial charge in [-0.3, -0.25) is 0 Å². The predicted molar refractivity (Wildman–Crippen MR) is 125 cm³/mol. The fraction of sp³-hybridized carbons (Fsp3) is 0.269. The van der Waals surface area contributed by atoms with Gasteiger partial charge in [0.2, 0.25) is 5.60 Å². The molecule has 4 rings (SSSR count). The summed E-state index contributed by atoms with van der Waals surface area (Å²) >= 11 is 6.33. The number of aryl methyl sites for hydroxylation is 1. The Balaban J connectivity index is 1.24. The van der Waals surface area contributed by atoms with E-state index in [4.69, 9.17) is 30.5 Å². The van der Waals surface area contributed by atoms with E-state index < -0.39 is 11.6 Å². The summed E-state index contributed by atoms with van der Waals surface area (Å²) < 4.78 is 23.1. The van der Waals surface area contributed by atoms with Crippen molar-refractivity contribution in [3.8, 4) is 28.7 Å². The number of carbonyl (C=O) groups is 1. The van der Waals surface area contributed by atoms with E-state index >= 15 is 0 Å². The second-order valence-electron chi connectivity index (χ2n) is 7.97. The molecule has 1 heterocycles. The van der Waals surface area contributed by atoms with Crippen LogP contribution in [0.3, 0.4) is 0 Å². The highest BCUT2D eigenvalue weighted by atomic mass is 35.5. The highest BCUT2D eigenvalue weighted by molar-refractivity contribution is 6.32. The third-order valence-electron chi connectivity index (χ3n) is 5.39. The van der Waals surface area contributed by atoms with Crippen molar-refractivity contribution in [2.75, 3.05) is 13.2 Å². The van der Waals surface area contributed by atoms with Crippen molar-refractivity contribution < 1.29 is 28.8 Å². The number of fused-ring (bicyclic) bond motifs is 1. The maximum atomic E-state index is 11.5. The largest absolute Gasteiger partial charge is 0.493 e. The summed E-state index contributed by atoms with van der Waals surface area (Å²) in [6.45, 7) is 2.45. The molecule has 1 aliphatic heterocycles.